The maximum atomic E-state index is 15.5. The van der Waals surface area contributed by atoms with E-state index >= 15 is 4.89 Å². The van der Waals surface area contributed by atoms with Crippen LogP contribution < -0.4 is 4.89 Å². The molecule has 3 nitrogen and oxygen atoms in total. The van der Waals surface area contributed by atoms with Crippen molar-refractivity contribution in [3.63, 3.8) is 0 Å². The summed E-state index contributed by atoms with van der Waals surface area (Å²) in [4.78, 5) is 15.5. The summed E-state index contributed by atoms with van der Waals surface area (Å²) in [7, 11) is 1.35. The van der Waals surface area contributed by atoms with Crippen LogP contribution in [0, 0.1) is 5.92 Å². The maximum Gasteiger partial charge on any atom is 0.137 e. The summed E-state index contributed by atoms with van der Waals surface area (Å²) in [5, 5.41) is 1.29. The highest BCUT2D eigenvalue weighted by Crippen LogP contribution is 2.77. The first kappa shape index (κ1) is 22.7. The van der Waals surface area contributed by atoms with Crippen molar-refractivity contribution in [2.75, 3.05) is 14.1 Å². The Bertz CT molecular complexity index is 1060. The van der Waals surface area contributed by atoms with E-state index < -0.39 is 7.79 Å². The quantitative estimate of drug-likeness (QED) is 0.443. The second-order valence-corrected chi connectivity index (χ2v) is 13.6. The van der Waals surface area contributed by atoms with Gasteiger partial charge in [0.25, 0.3) is 0 Å². The van der Waals surface area contributed by atoms with Crippen molar-refractivity contribution in [1.82, 2.24) is 9.34 Å². The number of fused-ring (bicyclic) bond motifs is 2. The molecule has 0 aromatic heterocycles. The molecular weight excluding hydrogens is 435 g/mol. The molecule has 0 amide bonds. The summed E-state index contributed by atoms with van der Waals surface area (Å²) in [6.45, 7) is 0. The Morgan fingerprint density at radius 1 is 0.706 bits per heavy atom. The zero-order valence-corrected chi connectivity index (χ0v) is 21.5. The van der Waals surface area contributed by atoms with Gasteiger partial charge in [0.1, 0.15) is 13.1 Å². The smallest absolute Gasteiger partial charge is 0.137 e. The molecule has 0 spiro atoms. The average Bonchev–Trinajstić information content (AvgIpc) is 3.10. The van der Waals surface area contributed by atoms with Gasteiger partial charge in [-0.25, -0.2) is 0 Å². The lowest BCUT2D eigenvalue weighted by Gasteiger charge is -2.45. The van der Waals surface area contributed by atoms with Crippen LogP contribution in [0.25, 0.3) is 0 Å². The number of likely N-dealkylation sites (N-methyl/N-ethyl adjacent to an activating group) is 2. The number of nitrogens with zero attached hydrogens (tertiary/aromatic N) is 2. The van der Waals surface area contributed by atoms with Gasteiger partial charge >= 0.3 is 0 Å². The van der Waals surface area contributed by atoms with Gasteiger partial charge in [-0.05, 0) is 73.1 Å². The van der Waals surface area contributed by atoms with E-state index in [1.165, 1.54) is 67.0 Å². The van der Waals surface area contributed by atoms with Crippen molar-refractivity contribution in [1.29, 1.82) is 0 Å². The van der Waals surface area contributed by atoms with Crippen molar-refractivity contribution >= 4 is 7.79 Å². The Labute approximate surface area is 205 Å². The number of benzene rings is 2. The molecule has 3 fully saturated rings. The maximum absolute atomic E-state index is 15.5. The Morgan fingerprint density at radius 2 is 1.24 bits per heavy atom. The summed E-state index contributed by atoms with van der Waals surface area (Å²) in [6.07, 6.45) is 11.0. The highest BCUT2D eigenvalue weighted by molar-refractivity contribution is 7.68. The molecule has 4 heteroatoms. The molecule has 1 aliphatic heterocycles. The molecule has 34 heavy (non-hydrogen) atoms. The molecule has 0 unspecified atom stereocenters. The van der Waals surface area contributed by atoms with Gasteiger partial charge in [-0.1, -0.05) is 72.7 Å². The molecule has 6 rings (SSSR count). The molecule has 0 N–H and O–H groups in total. The van der Waals surface area contributed by atoms with Gasteiger partial charge in [0.2, 0.25) is 0 Å². The van der Waals surface area contributed by atoms with E-state index in [4.69, 9.17) is 0 Å². The molecule has 1 heterocycles. The standard InChI is InChI=1S/C30H37N2OP/c1-31-29(22-13-5-3-6-14-22)30(23-15-7-4-8-16-23)32(2)34(31,33)28-21-24-17-9-10-18-25(24)26-19-11-12-20-27(26)28/h3-8,13-16,24,29-30H,9-12,17-21H2,1-2H3/t24-,29+,30+/m0/s1. The number of hydrogen-bond acceptors (Lipinski definition) is 3. The minimum Gasteiger partial charge on any atom is -0.647 e. The molecule has 178 valence electrons. The van der Waals surface area contributed by atoms with Crippen molar-refractivity contribution in [3.05, 3.63) is 93.8 Å². The highest BCUT2D eigenvalue weighted by Gasteiger charge is 2.59. The van der Waals surface area contributed by atoms with Crippen molar-refractivity contribution in [2.45, 2.75) is 69.9 Å². The van der Waals surface area contributed by atoms with E-state index in [2.05, 4.69) is 84.1 Å². The van der Waals surface area contributed by atoms with Crippen LogP contribution in [0.2, 0.25) is 0 Å². The lowest BCUT2D eigenvalue weighted by Crippen LogP contribution is -2.35. The van der Waals surface area contributed by atoms with Crippen LogP contribution in [-0.2, 0) is 0 Å². The highest BCUT2D eigenvalue weighted by atomic mass is 31.2. The van der Waals surface area contributed by atoms with Gasteiger partial charge < -0.3 is 4.89 Å². The summed E-state index contributed by atoms with van der Waals surface area (Å²) in [5.74, 6) is 0.610. The van der Waals surface area contributed by atoms with Gasteiger partial charge in [0.05, 0.1) is 12.1 Å². The fraction of sp³-hybridized carbons (Fsp3) is 0.467. The predicted octanol–water partition coefficient (Wildman–Crippen LogP) is 7.19. The third-order valence-corrected chi connectivity index (χ3v) is 12.3. The van der Waals surface area contributed by atoms with E-state index in [0.717, 1.165) is 12.8 Å². The summed E-state index contributed by atoms with van der Waals surface area (Å²) in [5.41, 5.74) is 7.35. The number of hydrogen-bond donors (Lipinski definition) is 0. The Hall–Kier alpha value is -1.77. The second kappa shape index (κ2) is 9.03. The molecule has 1 saturated heterocycles. The first-order chi connectivity index (χ1) is 16.6. The van der Waals surface area contributed by atoms with E-state index in [-0.39, 0.29) is 12.1 Å². The summed E-state index contributed by atoms with van der Waals surface area (Å²) >= 11 is 0. The van der Waals surface area contributed by atoms with Crippen LogP contribution in [0.5, 0.6) is 0 Å². The van der Waals surface area contributed by atoms with E-state index in [1.54, 1.807) is 11.1 Å². The fourth-order valence-corrected chi connectivity index (χ4v) is 10.8. The molecule has 3 aliphatic carbocycles. The lowest BCUT2D eigenvalue weighted by atomic mass is 9.71. The van der Waals surface area contributed by atoms with E-state index in [0.29, 0.717) is 5.92 Å². The Balaban J connectivity index is 1.52. The molecule has 4 aliphatic rings. The van der Waals surface area contributed by atoms with Gasteiger partial charge in [-0.3, -0.25) is 0 Å². The van der Waals surface area contributed by atoms with Crippen LogP contribution in [-0.4, -0.2) is 23.4 Å². The summed E-state index contributed by atoms with van der Waals surface area (Å²) in [6, 6.07) is 21.6. The van der Waals surface area contributed by atoms with Gasteiger partial charge in [-0.15, -0.1) is 0 Å². The largest absolute Gasteiger partial charge is 0.647 e. The molecule has 0 radical (unpaired) electrons. The molecule has 2 saturated carbocycles. The Morgan fingerprint density at radius 3 is 1.82 bits per heavy atom. The first-order valence-electron chi connectivity index (χ1n) is 13.2. The van der Waals surface area contributed by atoms with Crippen LogP contribution in [0.15, 0.2) is 82.7 Å². The Kier molecular flexibility index (Phi) is 6.02. The van der Waals surface area contributed by atoms with Gasteiger partial charge in [0.15, 0.2) is 0 Å². The summed E-state index contributed by atoms with van der Waals surface area (Å²) < 4.78 is 4.56. The number of rotatable bonds is 3. The number of allylic oxidation sites excluding steroid dienone is 4. The minimum atomic E-state index is -2.91. The monoisotopic (exact) mass is 472 g/mol. The van der Waals surface area contributed by atoms with Gasteiger partial charge in [-0.2, -0.15) is 9.34 Å². The lowest BCUT2D eigenvalue weighted by molar-refractivity contribution is -0.187. The van der Waals surface area contributed by atoms with Crippen LogP contribution in [0.1, 0.15) is 81.0 Å². The zero-order valence-electron chi connectivity index (χ0n) is 20.6. The zero-order chi connectivity index (χ0) is 23.3. The SMILES string of the molecule is CN1[C@H](c2ccccc2)[C@@H](c2ccccc2)N(C)[P+]1([O-])C1=C2CCCCC2=C2CCCC[C@H]2C1. The third-order valence-electron chi connectivity index (χ3n) is 8.98. The van der Waals surface area contributed by atoms with E-state index in [9.17, 15) is 0 Å². The van der Waals surface area contributed by atoms with Gasteiger partial charge in [0, 0.05) is 20.5 Å². The van der Waals surface area contributed by atoms with E-state index in [1.807, 2.05) is 0 Å². The first-order valence-corrected chi connectivity index (χ1v) is 14.8. The topological polar surface area (TPSA) is 29.5 Å². The molecule has 0 bridgehead atoms. The van der Waals surface area contributed by atoms with Crippen molar-refractivity contribution < 1.29 is 4.89 Å². The molecule has 3 atom stereocenters. The van der Waals surface area contributed by atoms with Crippen molar-refractivity contribution in [3.8, 4) is 0 Å². The minimum absolute atomic E-state index is 0.0660. The third kappa shape index (κ3) is 3.47. The van der Waals surface area contributed by atoms with Crippen LogP contribution >= 0.6 is 7.79 Å². The normalized spacial score (nSPS) is 29.8. The molecule has 2 aromatic carbocycles. The van der Waals surface area contributed by atoms with Crippen LogP contribution in [0.4, 0.5) is 0 Å². The predicted molar refractivity (Wildman–Crippen MR) is 140 cm³/mol. The van der Waals surface area contributed by atoms with Crippen molar-refractivity contribution in [2.24, 2.45) is 5.92 Å². The second-order valence-electron chi connectivity index (χ2n) is 10.7. The van der Waals surface area contributed by atoms with Crippen LogP contribution in [0.3, 0.4) is 0 Å². The average molecular weight is 473 g/mol. The fourth-order valence-electron chi connectivity index (χ4n) is 7.38. The molecular formula is C30H37N2OP. The molecule has 2 aromatic rings.